The average Bonchev–Trinajstić information content (AvgIpc) is 2.66. The summed E-state index contributed by atoms with van der Waals surface area (Å²) in [6, 6.07) is 7.23. The van der Waals surface area contributed by atoms with E-state index in [1.165, 1.54) is 6.92 Å². The van der Waals surface area contributed by atoms with Crippen molar-refractivity contribution in [3.05, 3.63) is 29.8 Å². The third-order valence-electron chi connectivity index (χ3n) is 4.42. The third-order valence-corrected chi connectivity index (χ3v) is 4.42. The van der Waals surface area contributed by atoms with E-state index in [4.69, 9.17) is 19.3 Å². The molecule has 0 saturated carbocycles. The lowest BCUT2D eigenvalue weighted by Crippen LogP contribution is -2.61. The maximum Gasteiger partial charge on any atom is 0.335 e. The van der Waals surface area contributed by atoms with Gasteiger partial charge in [-0.1, -0.05) is 12.1 Å². The second-order valence-electron chi connectivity index (χ2n) is 6.33. The van der Waals surface area contributed by atoms with E-state index in [0.717, 1.165) is 5.56 Å². The molecule has 9 nitrogen and oxygen atoms in total. The molecule has 0 spiro atoms. The molecule has 0 amide bonds. The van der Waals surface area contributed by atoms with E-state index in [-0.39, 0.29) is 12.2 Å². The van der Waals surface area contributed by atoms with Crippen molar-refractivity contribution in [1.29, 1.82) is 0 Å². The molecular weight excluding hydrogens is 360 g/mol. The van der Waals surface area contributed by atoms with Gasteiger partial charge in [0.2, 0.25) is 0 Å². The summed E-state index contributed by atoms with van der Waals surface area (Å²) in [5.41, 5.74) is 0.926. The van der Waals surface area contributed by atoms with Crippen molar-refractivity contribution < 1.29 is 44.2 Å². The maximum absolute atomic E-state index is 12.3. The molecule has 0 aromatic heterocycles. The lowest BCUT2D eigenvalue weighted by Gasteiger charge is -2.39. The van der Waals surface area contributed by atoms with E-state index >= 15 is 0 Å². The van der Waals surface area contributed by atoms with Crippen molar-refractivity contribution in [1.82, 2.24) is 0 Å². The Morgan fingerprint density at radius 1 is 1.11 bits per heavy atom. The number of benzene rings is 1. The molecular formula is C18H24O9. The van der Waals surface area contributed by atoms with Crippen LogP contribution in [-0.4, -0.2) is 76.1 Å². The topological polar surface area (TPSA) is 143 Å². The summed E-state index contributed by atoms with van der Waals surface area (Å²) >= 11 is 0. The van der Waals surface area contributed by atoms with Gasteiger partial charge in [-0.3, -0.25) is 4.79 Å². The number of methoxy groups -OCH3 is 1. The van der Waals surface area contributed by atoms with Gasteiger partial charge < -0.3 is 34.6 Å². The molecule has 1 saturated heterocycles. The molecule has 1 aromatic rings. The predicted molar refractivity (Wildman–Crippen MR) is 91.2 cm³/mol. The van der Waals surface area contributed by atoms with Gasteiger partial charge in [0.25, 0.3) is 0 Å². The number of aryl methyl sites for hydroxylation is 1. The highest BCUT2D eigenvalue weighted by atomic mass is 16.7. The average molecular weight is 384 g/mol. The fourth-order valence-corrected chi connectivity index (χ4v) is 2.70. The number of aliphatic hydroxyl groups excluding tert-OH is 3. The van der Waals surface area contributed by atoms with Gasteiger partial charge in [0.15, 0.2) is 18.2 Å². The number of Topliss-reactive ketones (excluding diaryl/α,β-unsaturated/α-hetero) is 1. The van der Waals surface area contributed by atoms with E-state index < -0.39 is 42.8 Å². The summed E-state index contributed by atoms with van der Waals surface area (Å²) in [6.07, 6.45) is -8.97. The highest BCUT2D eigenvalue weighted by Gasteiger charge is 2.48. The fraction of sp³-hybridized carbons (Fsp3) is 0.556. The van der Waals surface area contributed by atoms with Gasteiger partial charge in [-0.25, -0.2) is 4.79 Å². The Bertz CT molecular complexity index is 645. The Hall–Kier alpha value is -2.04. The van der Waals surface area contributed by atoms with Crippen LogP contribution in [0.1, 0.15) is 18.9 Å². The summed E-state index contributed by atoms with van der Waals surface area (Å²) in [5.74, 6) is -1.09. The number of carbonyl (C=O) groups excluding carboxylic acids is 1. The zero-order valence-electron chi connectivity index (χ0n) is 15.0. The van der Waals surface area contributed by atoms with E-state index in [1.54, 1.807) is 19.2 Å². The van der Waals surface area contributed by atoms with Crippen molar-refractivity contribution in [3.63, 3.8) is 0 Å². The summed E-state index contributed by atoms with van der Waals surface area (Å²) in [6.45, 7) is 1.44. The number of carboxylic acid groups (broad SMARTS) is 1. The van der Waals surface area contributed by atoms with Crippen LogP contribution in [0.4, 0.5) is 0 Å². The molecule has 1 fully saturated rings. The first-order chi connectivity index (χ1) is 12.7. The Kier molecular flexibility index (Phi) is 7.28. The smallest absolute Gasteiger partial charge is 0.335 e. The van der Waals surface area contributed by atoms with Crippen LogP contribution >= 0.6 is 0 Å². The molecule has 2 rings (SSSR count). The fourth-order valence-electron chi connectivity index (χ4n) is 2.70. The molecule has 1 heterocycles. The molecule has 1 aliphatic heterocycles. The molecule has 4 N–H and O–H groups in total. The van der Waals surface area contributed by atoms with Crippen LogP contribution in [0.25, 0.3) is 0 Å². The predicted octanol–water partition coefficient (Wildman–Crippen LogP) is -0.506. The Morgan fingerprint density at radius 2 is 1.74 bits per heavy atom. The van der Waals surface area contributed by atoms with Crippen molar-refractivity contribution in [2.24, 2.45) is 0 Å². The number of ketones is 1. The standard InChI is InChI=1S/C18H24O9/c1-9(12(19)8-5-10-3-6-11(25-2)7-4-10)26-18-15(22)13(20)14(21)16(27-18)17(23)24/h3-4,6-7,9,13-16,18,20-22H,5,8H2,1-2H3,(H,23,24). The van der Waals surface area contributed by atoms with Gasteiger partial charge >= 0.3 is 5.97 Å². The SMILES string of the molecule is COc1ccc(CCC(=O)C(C)OC2OC(C(=O)O)C(O)C(O)C2O)cc1. The summed E-state index contributed by atoms with van der Waals surface area (Å²) in [5, 5.41) is 38.3. The molecule has 6 atom stereocenters. The van der Waals surface area contributed by atoms with E-state index in [9.17, 15) is 24.9 Å². The minimum Gasteiger partial charge on any atom is -0.497 e. The summed E-state index contributed by atoms with van der Waals surface area (Å²) in [7, 11) is 1.56. The highest BCUT2D eigenvalue weighted by Crippen LogP contribution is 2.24. The second-order valence-corrected chi connectivity index (χ2v) is 6.33. The number of hydrogen-bond acceptors (Lipinski definition) is 8. The molecule has 1 aliphatic rings. The van der Waals surface area contributed by atoms with Gasteiger partial charge in [-0.15, -0.1) is 0 Å². The molecule has 1 aromatic carbocycles. The van der Waals surface area contributed by atoms with Gasteiger partial charge in [0, 0.05) is 6.42 Å². The minimum atomic E-state index is -1.81. The third kappa shape index (κ3) is 5.24. The first-order valence-corrected chi connectivity index (χ1v) is 8.48. The van der Waals surface area contributed by atoms with E-state index in [1.807, 2.05) is 12.1 Å². The Labute approximate surface area is 156 Å². The van der Waals surface area contributed by atoms with Gasteiger partial charge in [0.1, 0.15) is 30.2 Å². The van der Waals surface area contributed by atoms with Crippen LogP contribution in [0.5, 0.6) is 5.75 Å². The molecule has 150 valence electrons. The lowest BCUT2D eigenvalue weighted by atomic mass is 9.99. The highest BCUT2D eigenvalue weighted by molar-refractivity contribution is 5.82. The first-order valence-electron chi connectivity index (χ1n) is 8.48. The first kappa shape index (κ1) is 21.3. The quantitative estimate of drug-likeness (QED) is 0.466. The number of aliphatic hydroxyl groups is 3. The number of ether oxygens (including phenoxy) is 3. The van der Waals surface area contributed by atoms with Crippen molar-refractivity contribution in [3.8, 4) is 5.75 Å². The van der Waals surface area contributed by atoms with Crippen molar-refractivity contribution in [2.45, 2.75) is 56.6 Å². The van der Waals surface area contributed by atoms with Crippen LogP contribution in [0, 0.1) is 0 Å². The number of carboxylic acids is 1. The van der Waals surface area contributed by atoms with Gasteiger partial charge in [-0.2, -0.15) is 0 Å². The number of rotatable bonds is 8. The maximum atomic E-state index is 12.3. The molecule has 27 heavy (non-hydrogen) atoms. The molecule has 0 aliphatic carbocycles. The Morgan fingerprint density at radius 3 is 2.30 bits per heavy atom. The van der Waals surface area contributed by atoms with Crippen LogP contribution in [0.2, 0.25) is 0 Å². The largest absolute Gasteiger partial charge is 0.497 e. The lowest BCUT2D eigenvalue weighted by molar-refractivity contribution is -0.300. The molecule has 9 heteroatoms. The van der Waals surface area contributed by atoms with E-state index in [0.29, 0.717) is 12.2 Å². The van der Waals surface area contributed by atoms with Crippen LogP contribution in [-0.2, 0) is 25.5 Å². The molecule has 6 unspecified atom stereocenters. The monoisotopic (exact) mass is 384 g/mol. The summed E-state index contributed by atoms with van der Waals surface area (Å²) < 4.78 is 15.4. The minimum absolute atomic E-state index is 0.157. The zero-order valence-corrected chi connectivity index (χ0v) is 15.0. The van der Waals surface area contributed by atoms with Crippen molar-refractivity contribution >= 4 is 11.8 Å². The Balaban J connectivity index is 1.91. The van der Waals surface area contributed by atoms with Crippen molar-refractivity contribution in [2.75, 3.05) is 7.11 Å². The van der Waals surface area contributed by atoms with Gasteiger partial charge in [0.05, 0.1) is 7.11 Å². The van der Waals surface area contributed by atoms with Crippen LogP contribution < -0.4 is 4.74 Å². The number of hydrogen-bond donors (Lipinski definition) is 4. The summed E-state index contributed by atoms with van der Waals surface area (Å²) in [4.78, 5) is 23.3. The van der Waals surface area contributed by atoms with Gasteiger partial charge in [-0.05, 0) is 31.0 Å². The second kappa shape index (κ2) is 9.25. The van der Waals surface area contributed by atoms with Crippen LogP contribution in [0.15, 0.2) is 24.3 Å². The zero-order chi connectivity index (χ0) is 20.1. The molecule has 0 bridgehead atoms. The normalized spacial score (nSPS) is 29.1. The molecule has 0 radical (unpaired) electrons. The van der Waals surface area contributed by atoms with E-state index in [2.05, 4.69) is 0 Å². The van der Waals surface area contributed by atoms with Crippen LogP contribution in [0.3, 0.4) is 0 Å². The number of carbonyl (C=O) groups is 2. The number of aliphatic carboxylic acids is 1.